The Morgan fingerprint density at radius 1 is 0.451 bits per heavy atom. The molecule has 0 amide bonds. The number of hydrogen-bond donors (Lipinski definition) is 0. The van der Waals surface area contributed by atoms with E-state index >= 15 is 0 Å². The molecule has 51 heavy (non-hydrogen) atoms. The molecule has 0 spiro atoms. The lowest BCUT2D eigenvalue weighted by atomic mass is 9.82. The van der Waals surface area contributed by atoms with E-state index in [1.54, 1.807) is 0 Å². The summed E-state index contributed by atoms with van der Waals surface area (Å²) in [5.41, 5.74) is 16.0. The molecule has 8 aromatic carbocycles. The Morgan fingerprint density at radius 2 is 0.961 bits per heavy atom. The van der Waals surface area contributed by atoms with Crippen LogP contribution in [0.1, 0.15) is 25.3 Å². The van der Waals surface area contributed by atoms with Gasteiger partial charge >= 0.3 is 0 Å². The fraction of sp³-hybridized carbons (Fsp3) is 0.0800. The van der Waals surface area contributed by atoms with Gasteiger partial charge in [-0.2, -0.15) is 0 Å². The SMILES string of the molecule is C=Cc1ccc(-c2ccc3c4c(ccc(-c5ccccc5OCCCC)c24)-c2c-3c(-c3ccccc3)c3ccccc3c2-c2ccccc2)cc1. The van der Waals surface area contributed by atoms with Gasteiger partial charge in [-0.3, -0.25) is 0 Å². The zero-order valence-corrected chi connectivity index (χ0v) is 28.8. The minimum atomic E-state index is 0.698. The maximum atomic E-state index is 6.49. The smallest absolute Gasteiger partial charge is 0.127 e. The first-order valence-electron chi connectivity index (χ1n) is 18.0. The molecule has 0 saturated carbocycles. The Balaban J connectivity index is 1.44. The van der Waals surface area contributed by atoms with Gasteiger partial charge in [0.25, 0.3) is 0 Å². The highest BCUT2D eigenvalue weighted by Gasteiger charge is 2.32. The zero-order chi connectivity index (χ0) is 34.3. The van der Waals surface area contributed by atoms with E-state index in [0.717, 1.165) is 29.7 Å². The molecule has 0 fully saturated rings. The van der Waals surface area contributed by atoms with Gasteiger partial charge in [0.15, 0.2) is 0 Å². The molecule has 9 rings (SSSR count). The summed E-state index contributed by atoms with van der Waals surface area (Å²) in [6, 6.07) is 57.6. The number of para-hydroxylation sites is 1. The third-order valence-corrected chi connectivity index (χ3v) is 10.4. The molecule has 0 bridgehead atoms. The number of hydrogen-bond acceptors (Lipinski definition) is 1. The number of rotatable bonds is 9. The molecule has 0 saturated heterocycles. The Labute approximate surface area is 300 Å². The zero-order valence-electron chi connectivity index (χ0n) is 28.8. The van der Waals surface area contributed by atoms with Crippen molar-refractivity contribution in [2.45, 2.75) is 19.8 Å². The average Bonchev–Trinajstić information content (AvgIpc) is 3.52. The molecule has 8 aromatic rings. The van der Waals surface area contributed by atoms with Gasteiger partial charge in [0.2, 0.25) is 0 Å². The topological polar surface area (TPSA) is 9.23 Å². The molecule has 244 valence electrons. The summed E-state index contributed by atoms with van der Waals surface area (Å²) in [7, 11) is 0. The first kappa shape index (κ1) is 30.8. The Bertz CT molecular complexity index is 2490. The van der Waals surface area contributed by atoms with Crippen LogP contribution in [0.3, 0.4) is 0 Å². The Morgan fingerprint density at radius 3 is 1.55 bits per heavy atom. The van der Waals surface area contributed by atoms with Gasteiger partial charge in [-0.15, -0.1) is 0 Å². The normalized spacial score (nSPS) is 11.5. The van der Waals surface area contributed by atoms with Crippen molar-refractivity contribution in [1.29, 1.82) is 0 Å². The summed E-state index contributed by atoms with van der Waals surface area (Å²) in [5, 5.41) is 5.07. The molecular weight excluding hydrogens is 617 g/mol. The third kappa shape index (κ3) is 5.08. The van der Waals surface area contributed by atoms with Crippen molar-refractivity contribution in [1.82, 2.24) is 0 Å². The van der Waals surface area contributed by atoms with Crippen LogP contribution in [-0.4, -0.2) is 6.61 Å². The predicted octanol–water partition coefficient (Wildman–Crippen LogP) is 14.1. The van der Waals surface area contributed by atoms with Gasteiger partial charge < -0.3 is 4.74 Å². The minimum Gasteiger partial charge on any atom is -0.493 e. The maximum absolute atomic E-state index is 6.49. The van der Waals surface area contributed by atoms with Gasteiger partial charge in [0, 0.05) is 5.56 Å². The fourth-order valence-electron chi connectivity index (χ4n) is 8.10. The highest BCUT2D eigenvalue weighted by Crippen LogP contribution is 2.59. The fourth-order valence-corrected chi connectivity index (χ4v) is 8.10. The van der Waals surface area contributed by atoms with Gasteiger partial charge in [0.05, 0.1) is 6.61 Å². The van der Waals surface area contributed by atoms with Crippen LogP contribution in [0.2, 0.25) is 0 Å². The van der Waals surface area contributed by atoms with Crippen LogP contribution < -0.4 is 4.74 Å². The van der Waals surface area contributed by atoms with E-state index in [1.807, 2.05) is 6.08 Å². The summed E-state index contributed by atoms with van der Waals surface area (Å²) in [6.45, 7) is 6.91. The summed E-state index contributed by atoms with van der Waals surface area (Å²) in [5.74, 6) is 0.927. The molecule has 0 unspecified atom stereocenters. The number of benzene rings is 8. The van der Waals surface area contributed by atoms with Crippen molar-refractivity contribution in [2.75, 3.05) is 6.61 Å². The van der Waals surface area contributed by atoms with Crippen LogP contribution in [0.5, 0.6) is 5.75 Å². The molecule has 0 aliphatic heterocycles. The molecule has 0 heterocycles. The molecule has 0 atom stereocenters. The second-order valence-corrected chi connectivity index (χ2v) is 13.4. The molecule has 0 radical (unpaired) electrons. The van der Waals surface area contributed by atoms with E-state index in [9.17, 15) is 0 Å². The first-order chi connectivity index (χ1) is 25.3. The average molecular weight is 655 g/mol. The molecule has 1 aliphatic rings. The summed E-state index contributed by atoms with van der Waals surface area (Å²) in [4.78, 5) is 0. The summed E-state index contributed by atoms with van der Waals surface area (Å²) < 4.78 is 6.49. The van der Waals surface area contributed by atoms with E-state index in [-0.39, 0.29) is 0 Å². The first-order valence-corrected chi connectivity index (χ1v) is 18.0. The second kappa shape index (κ2) is 12.9. The number of fused-ring (bicyclic) bond motifs is 4. The molecular formula is C50H38O. The molecule has 1 aliphatic carbocycles. The monoisotopic (exact) mass is 654 g/mol. The number of unbranched alkanes of at least 4 members (excludes halogenated alkanes) is 1. The van der Waals surface area contributed by atoms with Crippen molar-refractivity contribution < 1.29 is 4.74 Å². The number of ether oxygens (including phenoxy) is 1. The lowest BCUT2D eigenvalue weighted by Crippen LogP contribution is -1.98. The van der Waals surface area contributed by atoms with Crippen LogP contribution in [0.25, 0.3) is 94.4 Å². The summed E-state index contributed by atoms with van der Waals surface area (Å²) in [6.07, 6.45) is 4.02. The molecule has 1 nitrogen and oxygen atoms in total. The van der Waals surface area contributed by atoms with Crippen LogP contribution in [0.4, 0.5) is 0 Å². The second-order valence-electron chi connectivity index (χ2n) is 13.4. The lowest BCUT2D eigenvalue weighted by molar-refractivity contribution is 0.310. The van der Waals surface area contributed by atoms with Gasteiger partial charge in [-0.05, 0) is 101 Å². The molecule has 0 N–H and O–H groups in total. The largest absolute Gasteiger partial charge is 0.493 e. The van der Waals surface area contributed by atoms with Gasteiger partial charge in [-0.1, -0.05) is 178 Å². The molecule has 0 aromatic heterocycles. The van der Waals surface area contributed by atoms with Gasteiger partial charge in [-0.25, -0.2) is 0 Å². The van der Waals surface area contributed by atoms with Gasteiger partial charge in [0.1, 0.15) is 5.75 Å². The van der Waals surface area contributed by atoms with E-state index in [0.29, 0.717) is 6.61 Å². The Kier molecular flexibility index (Phi) is 7.82. The quantitative estimate of drug-likeness (QED) is 0.141. The van der Waals surface area contributed by atoms with Crippen LogP contribution in [0.15, 0.2) is 164 Å². The van der Waals surface area contributed by atoms with Crippen LogP contribution >= 0.6 is 0 Å². The van der Waals surface area contributed by atoms with Crippen molar-refractivity contribution in [3.63, 3.8) is 0 Å². The van der Waals surface area contributed by atoms with Crippen LogP contribution in [-0.2, 0) is 0 Å². The van der Waals surface area contributed by atoms with E-state index in [1.165, 1.54) is 82.7 Å². The van der Waals surface area contributed by atoms with Crippen molar-refractivity contribution >= 4 is 27.6 Å². The van der Waals surface area contributed by atoms with Crippen molar-refractivity contribution in [3.8, 4) is 72.5 Å². The summed E-state index contributed by atoms with van der Waals surface area (Å²) >= 11 is 0. The van der Waals surface area contributed by atoms with Crippen molar-refractivity contribution in [3.05, 3.63) is 170 Å². The maximum Gasteiger partial charge on any atom is 0.127 e. The lowest BCUT2D eigenvalue weighted by Gasteiger charge is -2.20. The Hall–Kier alpha value is -6.18. The van der Waals surface area contributed by atoms with Crippen molar-refractivity contribution in [2.24, 2.45) is 0 Å². The third-order valence-electron chi connectivity index (χ3n) is 10.4. The van der Waals surface area contributed by atoms with E-state index < -0.39 is 0 Å². The minimum absolute atomic E-state index is 0.698. The van der Waals surface area contributed by atoms with E-state index in [4.69, 9.17) is 4.74 Å². The standard InChI is InChI=1S/C50H38O/c1-3-5-32-51-44-23-15-14-20-38(44)41-29-31-43-48-42(30-28-37(47(41)48)34-26-24-33(4-2)25-27-34)49-45(35-16-8-6-9-17-35)39-21-12-13-22-40(39)46(50(43)49)36-18-10-7-11-19-36/h4,6-31H,2-3,5,32H2,1H3. The highest BCUT2D eigenvalue weighted by atomic mass is 16.5. The predicted molar refractivity (Wildman–Crippen MR) is 218 cm³/mol. The molecule has 1 heteroatoms. The van der Waals surface area contributed by atoms with E-state index in [2.05, 4.69) is 171 Å². The highest BCUT2D eigenvalue weighted by molar-refractivity contribution is 6.30. The van der Waals surface area contributed by atoms with Crippen LogP contribution in [0, 0.1) is 0 Å².